The maximum absolute atomic E-state index is 11.4. The van der Waals surface area contributed by atoms with Gasteiger partial charge < -0.3 is 9.47 Å². The summed E-state index contributed by atoms with van der Waals surface area (Å²) < 4.78 is 9.99. The zero-order chi connectivity index (χ0) is 16.5. The zero-order valence-corrected chi connectivity index (χ0v) is 12.9. The second-order valence-electron chi connectivity index (χ2n) is 3.95. The Balaban J connectivity index is 2.92. The lowest BCUT2D eigenvalue weighted by Crippen LogP contribution is -2.15. The maximum Gasteiger partial charge on any atom is 0.315 e. The Bertz CT molecular complexity index is 577. The third-order valence-electron chi connectivity index (χ3n) is 2.37. The van der Waals surface area contributed by atoms with Gasteiger partial charge in [0.1, 0.15) is 12.1 Å². The third kappa shape index (κ3) is 5.57. The van der Waals surface area contributed by atoms with Gasteiger partial charge in [0, 0.05) is 11.1 Å². The summed E-state index contributed by atoms with van der Waals surface area (Å²) in [5.41, 5.74) is 2.40. The van der Waals surface area contributed by atoms with E-state index in [-0.39, 0.29) is 36.9 Å². The van der Waals surface area contributed by atoms with Crippen molar-refractivity contribution < 1.29 is 19.2 Å². The molecule has 120 valence electrons. The number of hydrogen-bond donors (Lipinski definition) is 1. The fourth-order valence-corrected chi connectivity index (χ4v) is 1.68. The van der Waals surface area contributed by atoms with Crippen molar-refractivity contribution in [2.45, 2.75) is 20.3 Å². The molecular formula is C13H16ClN3O5. The number of esters is 1. The molecular weight excluding hydrogens is 314 g/mol. The lowest BCUT2D eigenvalue weighted by atomic mass is 10.3. The van der Waals surface area contributed by atoms with Gasteiger partial charge in [0.15, 0.2) is 0 Å². The average Bonchev–Trinajstić information content (AvgIpc) is 2.45. The van der Waals surface area contributed by atoms with Gasteiger partial charge >= 0.3 is 5.97 Å². The number of hydrogen-bond acceptors (Lipinski definition) is 7. The van der Waals surface area contributed by atoms with Crippen molar-refractivity contribution in [1.29, 1.82) is 0 Å². The number of carbonyl (C=O) groups excluding carboxylic acids is 1. The van der Waals surface area contributed by atoms with E-state index in [1.807, 2.05) is 0 Å². The minimum absolute atomic E-state index is 0.0650. The van der Waals surface area contributed by atoms with Crippen molar-refractivity contribution in [2.75, 3.05) is 18.6 Å². The summed E-state index contributed by atoms with van der Waals surface area (Å²) >= 11 is 5.81. The number of nitrogens with zero attached hydrogens (tertiary/aromatic N) is 2. The van der Waals surface area contributed by atoms with Gasteiger partial charge in [-0.15, -0.1) is 5.10 Å². The number of ether oxygens (including phenoxy) is 2. The summed E-state index contributed by atoms with van der Waals surface area (Å²) in [6, 6.07) is 4.01. The smallest absolute Gasteiger partial charge is 0.315 e. The topological polar surface area (TPSA) is 103 Å². The molecule has 0 aliphatic rings. The van der Waals surface area contributed by atoms with E-state index in [9.17, 15) is 14.9 Å². The van der Waals surface area contributed by atoms with Crippen LogP contribution in [0.4, 0.5) is 11.4 Å². The van der Waals surface area contributed by atoms with Crippen LogP contribution in [0.2, 0.25) is 5.02 Å². The highest BCUT2D eigenvalue weighted by Crippen LogP contribution is 2.27. The molecule has 1 rings (SSSR count). The molecule has 0 heterocycles. The van der Waals surface area contributed by atoms with Gasteiger partial charge in [-0.25, -0.2) is 0 Å². The van der Waals surface area contributed by atoms with Crippen LogP contribution in [0.25, 0.3) is 0 Å². The minimum atomic E-state index is -0.570. The Labute approximate surface area is 132 Å². The van der Waals surface area contributed by atoms with Crippen LogP contribution in [0.5, 0.6) is 0 Å². The quantitative estimate of drug-likeness (QED) is 0.271. The number of carbonyl (C=O) groups is 1. The molecule has 0 amide bonds. The molecule has 0 aromatic heterocycles. The Morgan fingerprint density at radius 1 is 1.36 bits per heavy atom. The van der Waals surface area contributed by atoms with Crippen LogP contribution in [-0.2, 0) is 14.3 Å². The Morgan fingerprint density at radius 2 is 2.05 bits per heavy atom. The highest BCUT2D eigenvalue weighted by atomic mass is 35.5. The Hall–Kier alpha value is -2.35. The van der Waals surface area contributed by atoms with Gasteiger partial charge in [-0.1, -0.05) is 11.6 Å². The van der Waals surface area contributed by atoms with Crippen molar-refractivity contribution in [3.63, 3.8) is 0 Å². The summed E-state index contributed by atoms with van der Waals surface area (Å²) in [5, 5.41) is 15.1. The summed E-state index contributed by atoms with van der Waals surface area (Å²) in [4.78, 5) is 21.8. The van der Waals surface area contributed by atoms with E-state index in [0.29, 0.717) is 5.02 Å². The lowest BCUT2D eigenvalue weighted by Gasteiger charge is -2.08. The van der Waals surface area contributed by atoms with Crippen LogP contribution in [-0.4, -0.2) is 30.0 Å². The number of nitro groups is 1. The van der Waals surface area contributed by atoms with Crippen LogP contribution in [0.3, 0.4) is 0 Å². The molecule has 22 heavy (non-hydrogen) atoms. The second-order valence-corrected chi connectivity index (χ2v) is 4.39. The molecule has 1 aromatic carbocycles. The first-order valence-electron chi connectivity index (χ1n) is 6.52. The Kier molecular flexibility index (Phi) is 7.11. The number of anilines is 1. The van der Waals surface area contributed by atoms with Crippen molar-refractivity contribution in [1.82, 2.24) is 0 Å². The van der Waals surface area contributed by atoms with Gasteiger partial charge in [0.2, 0.25) is 5.90 Å². The summed E-state index contributed by atoms with van der Waals surface area (Å²) in [7, 11) is 0. The normalized spacial score (nSPS) is 11.0. The molecule has 1 aromatic rings. The highest BCUT2D eigenvalue weighted by molar-refractivity contribution is 6.31. The minimum Gasteiger partial charge on any atom is -0.480 e. The highest BCUT2D eigenvalue weighted by Gasteiger charge is 2.15. The van der Waals surface area contributed by atoms with E-state index in [1.165, 1.54) is 18.2 Å². The third-order valence-corrected chi connectivity index (χ3v) is 2.60. The monoisotopic (exact) mass is 329 g/mol. The number of rotatable bonds is 7. The molecule has 0 bridgehead atoms. The number of nitrogens with one attached hydrogen (secondary N) is 1. The number of benzene rings is 1. The predicted octanol–water partition coefficient (Wildman–Crippen LogP) is 2.96. The molecule has 1 N–H and O–H groups in total. The van der Waals surface area contributed by atoms with E-state index in [2.05, 4.69) is 10.5 Å². The van der Waals surface area contributed by atoms with E-state index >= 15 is 0 Å². The predicted molar refractivity (Wildman–Crippen MR) is 82.0 cm³/mol. The van der Waals surface area contributed by atoms with Gasteiger partial charge in [-0.3, -0.25) is 20.3 Å². The molecule has 0 aliphatic heterocycles. The molecule has 0 unspecified atom stereocenters. The number of hydrazone groups is 1. The average molecular weight is 330 g/mol. The van der Waals surface area contributed by atoms with Crippen molar-refractivity contribution in [2.24, 2.45) is 5.10 Å². The Morgan fingerprint density at radius 3 is 2.64 bits per heavy atom. The van der Waals surface area contributed by atoms with Crippen LogP contribution < -0.4 is 5.43 Å². The van der Waals surface area contributed by atoms with E-state index < -0.39 is 10.9 Å². The van der Waals surface area contributed by atoms with Gasteiger partial charge in [-0.2, -0.15) is 0 Å². The summed E-state index contributed by atoms with van der Waals surface area (Å²) in [6.45, 7) is 3.94. The van der Waals surface area contributed by atoms with Crippen LogP contribution >= 0.6 is 11.6 Å². The molecule has 0 radical (unpaired) electrons. The van der Waals surface area contributed by atoms with E-state index in [4.69, 9.17) is 21.1 Å². The summed E-state index contributed by atoms with van der Waals surface area (Å²) in [6.07, 6.45) is -0.178. The number of halogens is 1. The van der Waals surface area contributed by atoms with Gasteiger partial charge in [-0.05, 0) is 26.0 Å². The van der Waals surface area contributed by atoms with Crippen LogP contribution in [0.1, 0.15) is 20.3 Å². The van der Waals surface area contributed by atoms with Gasteiger partial charge in [0.25, 0.3) is 5.69 Å². The maximum atomic E-state index is 11.4. The molecule has 8 nitrogen and oxygen atoms in total. The largest absolute Gasteiger partial charge is 0.480 e. The first-order chi connectivity index (χ1) is 10.5. The van der Waals surface area contributed by atoms with E-state index in [1.54, 1.807) is 13.8 Å². The zero-order valence-electron chi connectivity index (χ0n) is 12.2. The fraction of sp³-hybridized carbons (Fsp3) is 0.385. The molecule has 9 heteroatoms. The SMILES string of the molecule is CCOC(=O)C/C(=N\Nc1cc(Cl)ccc1[N+](=O)[O-])OCC. The van der Waals surface area contributed by atoms with E-state index in [0.717, 1.165) is 0 Å². The first-order valence-corrected chi connectivity index (χ1v) is 6.90. The molecule has 0 saturated carbocycles. The molecule has 0 spiro atoms. The van der Waals surface area contributed by atoms with Crippen LogP contribution in [0, 0.1) is 10.1 Å². The first kappa shape index (κ1) is 17.7. The second kappa shape index (κ2) is 8.83. The standard InChI is InChI=1S/C13H16ClN3O5/c1-3-21-12(8-13(18)22-4-2)16-15-10-7-9(14)5-6-11(10)17(19)20/h5-7,15H,3-4,8H2,1-2H3/b16-12+. The molecule has 0 fully saturated rings. The molecule has 0 aliphatic carbocycles. The van der Waals surface area contributed by atoms with Crippen LogP contribution in [0.15, 0.2) is 23.3 Å². The van der Waals surface area contributed by atoms with Crippen molar-refractivity contribution in [3.05, 3.63) is 33.3 Å². The van der Waals surface area contributed by atoms with Crippen molar-refractivity contribution in [3.8, 4) is 0 Å². The number of nitro benzene ring substituents is 1. The molecule has 0 saturated heterocycles. The molecule has 0 atom stereocenters. The lowest BCUT2D eigenvalue weighted by molar-refractivity contribution is -0.384. The van der Waals surface area contributed by atoms with Gasteiger partial charge in [0.05, 0.1) is 18.1 Å². The summed E-state index contributed by atoms with van der Waals surface area (Å²) in [5.74, 6) is -0.438. The fourth-order valence-electron chi connectivity index (χ4n) is 1.50. The van der Waals surface area contributed by atoms with Crippen molar-refractivity contribution >= 4 is 34.8 Å².